The van der Waals surface area contributed by atoms with Crippen molar-refractivity contribution >= 4 is 48.3 Å². The summed E-state index contributed by atoms with van der Waals surface area (Å²) >= 11 is 0. The molecule has 2 N–H and O–H groups in total. The number of carbonyl (C=O) groups is 1. The van der Waals surface area contributed by atoms with Crippen molar-refractivity contribution in [2.45, 2.75) is 38.0 Å². The second kappa shape index (κ2) is 10.0. The zero-order valence-corrected chi connectivity index (χ0v) is 23.2. The zero-order chi connectivity index (χ0) is 27.9. The van der Waals surface area contributed by atoms with Crippen LogP contribution in [0, 0.1) is 0 Å². The third-order valence-electron chi connectivity index (χ3n) is 6.21. The van der Waals surface area contributed by atoms with E-state index in [1.807, 2.05) is 18.4 Å². The molecule has 15 heteroatoms. The Kier molecular flexibility index (Phi) is 6.88. The van der Waals surface area contributed by atoms with E-state index in [4.69, 9.17) is 0 Å². The second-order valence-electron chi connectivity index (χ2n) is 9.75. The number of hydrogen-bond donors (Lipinski definition) is 2. The Morgan fingerprint density at radius 1 is 1.10 bits per heavy atom. The van der Waals surface area contributed by atoms with Crippen LogP contribution >= 0.6 is 0 Å². The highest BCUT2D eigenvalue weighted by Crippen LogP contribution is 2.31. The Bertz CT molecular complexity index is 1770. The van der Waals surface area contributed by atoms with Crippen molar-refractivity contribution in [2.24, 2.45) is 0 Å². The van der Waals surface area contributed by atoms with Crippen LogP contribution < -0.4 is 10.6 Å². The summed E-state index contributed by atoms with van der Waals surface area (Å²) in [7, 11) is -6.69. The van der Waals surface area contributed by atoms with E-state index >= 15 is 0 Å². The summed E-state index contributed by atoms with van der Waals surface area (Å²) in [4.78, 5) is 26.0. The Hall–Kier alpha value is -3.85. The zero-order valence-electron chi connectivity index (χ0n) is 21.6. The molecular formula is C24H28N8O5S2. The number of rotatable bonds is 10. The number of aromatic nitrogens is 6. The molecule has 1 saturated carbocycles. The van der Waals surface area contributed by atoms with Crippen LogP contribution in [-0.4, -0.2) is 75.3 Å². The van der Waals surface area contributed by atoms with Crippen LogP contribution in [0.3, 0.4) is 0 Å². The van der Waals surface area contributed by atoms with Gasteiger partial charge in [-0.3, -0.25) is 4.79 Å². The summed E-state index contributed by atoms with van der Waals surface area (Å²) in [5.41, 5.74) is 1.62. The molecule has 0 aliphatic heterocycles. The number of nitrogens with zero attached hydrogens (tertiary/aromatic N) is 6. The first-order chi connectivity index (χ1) is 18.4. The third kappa shape index (κ3) is 5.78. The third-order valence-corrected chi connectivity index (χ3v) is 9.20. The molecule has 4 aromatic rings. The minimum Gasteiger partial charge on any atom is -0.351 e. The van der Waals surface area contributed by atoms with Crippen LogP contribution in [0.1, 0.15) is 43.1 Å². The summed E-state index contributed by atoms with van der Waals surface area (Å²) in [6.07, 6.45) is 10.1. The number of fused-ring (bicyclic) bond motifs is 1. The van der Waals surface area contributed by atoms with Gasteiger partial charge in [0.2, 0.25) is 0 Å². The van der Waals surface area contributed by atoms with Gasteiger partial charge in [-0.25, -0.2) is 31.8 Å². The van der Waals surface area contributed by atoms with E-state index in [0.29, 0.717) is 46.8 Å². The van der Waals surface area contributed by atoms with Gasteiger partial charge in [0.15, 0.2) is 5.82 Å². The lowest BCUT2D eigenvalue weighted by molar-refractivity contribution is 0.0957. The predicted octanol–water partition coefficient (Wildman–Crippen LogP) is 2.13. The van der Waals surface area contributed by atoms with Gasteiger partial charge in [-0.05, 0) is 32.8 Å². The summed E-state index contributed by atoms with van der Waals surface area (Å²) in [6, 6.07) is 3.49. The molecule has 0 spiro atoms. The van der Waals surface area contributed by atoms with Crippen LogP contribution in [0.4, 0.5) is 11.6 Å². The van der Waals surface area contributed by atoms with Gasteiger partial charge in [0.1, 0.15) is 21.5 Å². The molecule has 1 fully saturated rings. The number of sulfone groups is 1. The number of amides is 1. The fraction of sp³-hybridized carbons (Fsp3) is 0.375. The second-order valence-corrected chi connectivity index (χ2v) is 14.1. The molecule has 1 aliphatic rings. The SMILES string of the molecule is CC(C)n1cc(C(=O)NCCS(C)(=O)=O)c2cnc(Nc3ccnc(-c4cnn(S(=O)(=O)C5CC5)c4)n3)cc21. The molecule has 1 amide bonds. The molecule has 0 aromatic carbocycles. The molecule has 0 bridgehead atoms. The fourth-order valence-electron chi connectivity index (χ4n) is 4.04. The molecule has 5 rings (SSSR count). The molecule has 4 heterocycles. The first kappa shape index (κ1) is 26.7. The van der Waals surface area contributed by atoms with Gasteiger partial charge in [-0.15, -0.1) is 0 Å². The van der Waals surface area contributed by atoms with Gasteiger partial charge in [0, 0.05) is 48.9 Å². The highest BCUT2D eigenvalue weighted by atomic mass is 32.2. The van der Waals surface area contributed by atoms with E-state index in [2.05, 4.69) is 30.7 Å². The molecule has 1 aliphatic carbocycles. The van der Waals surface area contributed by atoms with E-state index in [1.54, 1.807) is 30.7 Å². The normalized spacial score (nSPS) is 14.2. The van der Waals surface area contributed by atoms with Gasteiger partial charge < -0.3 is 15.2 Å². The molecular weight excluding hydrogens is 544 g/mol. The van der Waals surface area contributed by atoms with E-state index in [0.717, 1.165) is 15.9 Å². The van der Waals surface area contributed by atoms with Crippen molar-refractivity contribution < 1.29 is 21.6 Å². The number of hydrogen-bond acceptors (Lipinski definition) is 10. The summed E-state index contributed by atoms with van der Waals surface area (Å²) in [6.45, 7) is 3.98. The molecule has 13 nitrogen and oxygen atoms in total. The highest BCUT2D eigenvalue weighted by Gasteiger charge is 2.37. The number of pyridine rings is 1. The van der Waals surface area contributed by atoms with E-state index in [-0.39, 0.29) is 29.5 Å². The van der Waals surface area contributed by atoms with E-state index < -0.39 is 19.9 Å². The maximum Gasteiger partial charge on any atom is 0.256 e. The van der Waals surface area contributed by atoms with E-state index in [1.165, 1.54) is 12.4 Å². The predicted molar refractivity (Wildman–Crippen MR) is 146 cm³/mol. The van der Waals surface area contributed by atoms with Crippen LogP contribution in [0.15, 0.2) is 43.1 Å². The summed E-state index contributed by atoms with van der Waals surface area (Å²) in [5.74, 6) is 0.688. The maximum atomic E-state index is 12.8. The van der Waals surface area contributed by atoms with Crippen molar-refractivity contribution in [3.8, 4) is 11.4 Å². The van der Waals surface area contributed by atoms with Gasteiger partial charge in [-0.2, -0.15) is 9.19 Å². The maximum absolute atomic E-state index is 12.8. The van der Waals surface area contributed by atoms with Gasteiger partial charge in [-0.1, -0.05) is 0 Å². The standard InChI is InChI=1S/C24H28N8O5S2/c1-15(2)31-14-19(24(33)26-8-9-38(3,34)35)18-12-27-22(10-20(18)31)29-21-6-7-25-23(30-21)16-11-28-32(13-16)39(36,37)17-4-5-17/h6-7,10-15,17H,4-5,8-9H2,1-3H3,(H,26,33)(H,25,27,29,30). The average Bonchev–Trinajstić information content (AvgIpc) is 3.49. The smallest absolute Gasteiger partial charge is 0.256 e. The van der Waals surface area contributed by atoms with E-state index in [9.17, 15) is 21.6 Å². The Balaban J connectivity index is 1.39. The van der Waals surface area contributed by atoms with Gasteiger partial charge in [0.05, 0.1) is 40.0 Å². The largest absolute Gasteiger partial charge is 0.351 e. The average molecular weight is 573 g/mol. The quantitative estimate of drug-likeness (QED) is 0.287. The van der Waals surface area contributed by atoms with Crippen molar-refractivity contribution in [3.63, 3.8) is 0 Å². The number of nitrogens with one attached hydrogen (secondary N) is 2. The van der Waals surface area contributed by atoms with Gasteiger partial charge in [0.25, 0.3) is 15.9 Å². The van der Waals surface area contributed by atoms with Crippen molar-refractivity contribution in [2.75, 3.05) is 23.9 Å². The van der Waals surface area contributed by atoms with Crippen LogP contribution in [-0.2, 0) is 19.9 Å². The topological polar surface area (TPSA) is 171 Å². The molecule has 0 saturated heterocycles. The first-order valence-electron chi connectivity index (χ1n) is 12.3. The Labute approximate surface area is 225 Å². The minimum atomic E-state index is -3.49. The molecule has 4 aromatic heterocycles. The molecule has 0 unspecified atom stereocenters. The van der Waals surface area contributed by atoms with Crippen LogP contribution in [0.5, 0.6) is 0 Å². The molecule has 0 atom stereocenters. The van der Waals surface area contributed by atoms with Crippen LogP contribution in [0.25, 0.3) is 22.3 Å². The van der Waals surface area contributed by atoms with Gasteiger partial charge >= 0.3 is 0 Å². The molecule has 206 valence electrons. The fourth-order valence-corrected chi connectivity index (χ4v) is 5.99. The number of carbonyl (C=O) groups excluding carboxylic acids is 1. The lowest BCUT2D eigenvalue weighted by Gasteiger charge is -2.10. The lowest BCUT2D eigenvalue weighted by atomic mass is 10.2. The monoisotopic (exact) mass is 572 g/mol. The van der Waals surface area contributed by atoms with Crippen LogP contribution in [0.2, 0.25) is 0 Å². The summed E-state index contributed by atoms with van der Waals surface area (Å²) < 4.78 is 50.6. The highest BCUT2D eigenvalue weighted by molar-refractivity contribution is 7.90. The summed E-state index contributed by atoms with van der Waals surface area (Å²) in [5, 5.41) is 10.0. The van der Waals surface area contributed by atoms with Crippen molar-refractivity contribution in [1.82, 2.24) is 34.0 Å². The van der Waals surface area contributed by atoms with Crippen molar-refractivity contribution in [3.05, 3.63) is 48.7 Å². The Morgan fingerprint density at radius 3 is 2.56 bits per heavy atom. The minimum absolute atomic E-state index is 0.0144. The first-order valence-corrected chi connectivity index (χ1v) is 15.8. The molecule has 0 radical (unpaired) electrons. The lowest BCUT2D eigenvalue weighted by Crippen LogP contribution is -2.28. The Morgan fingerprint density at radius 2 is 1.87 bits per heavy atom. The van der Waals surface area contributed by atoms with Crippen molar-refractivity contribution in [1.29, 1.82) is 0 Å². The number of anilines is 2. The molecule has 39 heavy (non-hydrogen) atoms.